The number of carbonyl (C=O) groups is 1. The van der Waals surface area contributed by atoms with Gasteiger partial charge in [0.25, 0.3) is 0 Å². The van der Waals surface area contributed by atoms with Crippen molar-refractivity contribution in [2.75, 3.05) is 31.1 Å². The molecule has 1 amide bonds. The Balaban J connectivity index is 1.39. The Bertz CT molecular complexity index is 861. The lowest BCUT2D eigenvalue weighted by atomic mass is 9.95. The van der Waals surface area contributed by atoms with Gasteiger partial charge in [0.15, 0.2) is 0 Å². The van der Waals surface area contributed by atoms with Crippen LogP contribution in [0.1, 0.15) is 24.5 Å². The SMILES string of the molecule is Cc1ccc(Cl)cc1N1CCN(C(=O)[C@H]2C[C@]2(C)c2ccc(F)cc2)CC1. The van der Waals surface area contributed by atoms with Crippen LogP contribution in [0.5, 0.6) is 0 Å². The highest BCUT2D eigenvalue weighted by Crippen LogP contribution is 2.54. The fourth-order valence-electron chi connectivity index (χ4n) is 4.19. The summed E-state index contributed by atoms with van der Waals surface area (Å²) < 4.78 is 13.2. The van der Waals surface area contributed by atoms with Gasteiger partial charge in [-0.15, -0.1) is 0 Å². The van der Waals surface area contributed by atoms with E-state index in [1.807, 2.05) is 35.2 Å². The van der Waals surface area contributed by atoms with E-state index in [0.29, 0.717) is 0 Å². The molecular weight excluding hydrogens is 363 g/mol. The fraction of sp³-hybridized carbons (Fsp3) is 0.409. The predicted molar refractivity (Wildman–Crippen MR) is 107 cm³/mol. The Morgan fingerprint density at radius 1 is 1.11 bits per heavy atom. The van der Waals surface area contributed by atoms with Gasteiger partial charge in [-0.1, -0.05) is 36.7 Å². The topological polar surface area (TPSA) is 23.6 Å². The van der Waals surface area contributed by atoms with E-state index in [1.54, 1.807) is 0 Å². The standard InChI is InChI=1S/C22H24ClFN2O/c1-15-3-6-17(23)13-20(15)25-9-11-26(12-10-25)21(27)19-14-22(19,2)16-4-7-18(24)8-5-16/h3-8,13,19H,9-12,14H2,1-2H3/t19-,22-/m1/s1. The Morgan fingerprint density at radius 3 is 2.44 bits per heavy atom. The van der Waals surface area contributed by atoms with Gasteiger partial charge in [-0.2, -0.15) is 0 Å². The maximum Gasteiger partial charge on any atom is 0.226 e. The number of rotatable bonds is 3. The molecule has 1 heterocycles. The third kappa shape index (κ3) is 3.43. The van der Waals surface area contributed by atoms with Gasteiger partial charge in [-0.05, 0) is 48.7 Å². The normalized spacial score (nSPS) is 24.8. The van der Waals surface area contributed by atoms with Crippen LogP contribution in [0.2, 0.25) is 5.02 Å². The van der Waals surface area contributed by atoms with E-state index < -0.39 is 0 Å². The van der Waals surface area contributed by atoms with Gasteiger partial charge in [-0.3, -0.25) is 4.79 Å². The molecule has 5 heteroatoms. The van der Waals surface area contributed by atoms with Crippen LogP contribution in [0.3, 0.4) is 0 Å². The van der Waals surface area contributed by atoms with Crippen LogP contribution in [0.15, 0.2) is 42.5 Å². The Kier molecular flexibility index (Phi) is 4.63. The summed E-state index contributed by atoms with van der Waals surface area (Å²) in [5.41, 5.74) is 3.24. The average Bonchev–Trinajstić information content (AvgIpc) is 3.36. The molecule has 4 rings (SSSR count). The zero-order chi connectivity index (χ0) is 19.2. The highest BCUT2D eigenvalue weighted by atomic mass is 35.5. The largest absolute Gasteiger partial charge is 0.368 e. The van der Waals surface area contributed by atoms with Crippen LogP contribution in [-0.2, 0) is 10.2 Å². The Hall–Kier alpha value is -2.07. The summed E-state index contributed by atoms with van der Waals surface area (Å²) in [4.78, 5) is 17.3. The molecule has 2 fully saturated rings. The Labute approximate surface area is 164 Å². The van der Waals surface area contributed by atoms with Crippen molar-refractivity contribution in [2.24, 2.45) is 5.92 Å². The molecule has 2 atom stereocenters. The van der Waals surface area contributed by atoms with Crippen LogP contribution >= 0.6 is 11.6 Å². The quantitative estimate of drug-likeness (QED) is 0.779. The maximum atomic E-state index is 13.2. The number of aryl methyl sites for hydroxylation is 1. The van der Waals surface area contributed by atoms with Gasteiger partial charge in [0, 0.05) is 48.2 Å². The first-order chi connectivity index (χ1) is 12.9. The van der Waals surface area contributed by atoms with Crippen LogP contribution in [0.25, 0.3) is 0 Å². The van der Waals surface area contributed by atoms with Crippen LogP contribution in [0.4, 0.5) is 10.1 Å². The minimum atomic E-state index is -0.238. The van der Waals surface area contributed by atoms with Crippen molar-refractivity contribution in [1.82, 2.24) is 4.90 Å². The molecule has 0 N–H and O–H groups in total. The molecule has 1 aliphatic heterocycles. The second kappa shape index (κ2) is 6.83. The number of nitrogens with zero attached hydrogens (tertiary/aromatic N) is 2. The molecule has 27 heavy (non-hydrogen) atoms. The summed E-state index contributed by atoms with van der Waals surface area (Å²) in [5.74, 6) is -0.00925. The lowest BCUT2D eigenvalue weighted by Gasteiger charge is -2.37. The molecule has 2 aliphatic rings. The first kappa shape index (κ1) is 18.3. The number of hydrogen-bond donors (Lipinski definition) is 0. The van der Waals surface area contributed by atoms with E-state index in [2.05, 4.69) is 18.7 Å². The first-order valence-corrected chi connectivity index (χ1v) is 9.82. The smallest absolute Gasteiger partial charge is 0.226 e. The lowest BCUT2D eigenvalue weighted by Crippen LogP contribution is -2.49. The van der Waals surface area contributed by atoms with Gasteiger partial charge in [-0.25, -0.2) is 4.39 Å². The van der Waals surface area contributed by atoms with E-state index >= 15 is 0 Å². The molecule has 1 saturated carbocycles. The zero-order valence-corrected chi connectivity index (χ0v) is 16.5. The molecule has 0 unspecified atom stereocenters. The molecule has 3 nitrogen and oxygen atoms in total. The minimum absolute atomic E-state index is 0.00224. The maximum absolute atomic E-state index is 13.2. The van der Waals surface area contributed by atoms with Gasteiger partial charge in [0.05, 0.1) is 0 Å². The third-order valence-corrected chi connectivity index (χ3v) is 6.38. The average molecular weight is 387 g/mol. The summed E-state index contributed by atoms with van der Waals surface area (Å²) >= 11 is 6.15. The van der Waals surface area contributed by atoms with Gasteiger partial charge in [0.1, 0.15) is 5.82 Å². The molecule has 0 bridgehead atoms. The summed E-state index contributed by atoms with van der Waals surface area (Å²) in [6, 6.07) is 12.5. The highest BCUT2D eigenvalue weighted by molar-refractivity contribution is 6.30. The Morgan fingerprint density at radius 2 is 1.78 bits per heavy atom. The summed E-state index contributed by atoms with van der Waals surface area (Å²) in [6.07, 6.45) is 0.838. The number of amides is 1. The van der Waals surface area contributed by atoms with Crippen LogP contribution < -0.4 is 4.90 Å². The molecule has 2 aromatic carbocycles. The number of hydrogen-bond acceptors (Lipinski definition) is 2. The zero-order valence-electron chi connectivity index (χ0n) is 15.7. The second-order valence-corrected chi connectivity index (χ2v) is 8.36. The van der Waals surface area contributed by atoms with E-state index in [1.165, 1.54) is 17.7 Å². The number of piperazine rings is 1. The van der Waals surface area contributed by atoms with Crippen molar-refractivity contribution in [3.8, 4) is 0 Å². The lowest BCUT2D eigenvalue weighted by molar-refractivity contribution is -0.133. The van der Waals surface area contributed by atoms with Crippen molar-refractivity contribution in [3.05, 3.63) is 64.4 Å². The van der Waals surface area contributed by atoms with Crippen molar-refractivity contribution >= 4 is 23.2 Å². The summed E-state index contributed by atoms with van der Waals surface area (Å²) in [6.45, 7) is 7.26. The molecule has 1 aliphatic carbocycles. The van der Waals surface area contributed by atoms with Crippen molar-refractivity contribution in [2.45, 2.75) is 25.7 Å². The van der Waals surface area contributed by atoms with Crippen LogP contribution in [-0.4, -0.2) is 37.0 Å². The number of carbonyl (C=O) groups excluding carboxylic acids is 1. The fourth-order valence-corrected chi connectivity index (χ4v) is 4.35. The van der Waals surface area contributed by atoms with E-state index in [-0.39, 0.29) is 23.1 Å². The van der Waals surface area contributed by atoms with Crippen LogP contribution in [0, 0.1) is 18.7 Å². The highest BCUT2D eigenvalue weighted by Gasteiger charge is 2.56. The summed E-state index contributed by atoms with van der Waals surface area (Å²) in [7, 11) is 0. The number of anilines is 1. The molecule has 0 spiro atoms. The summed E-state index contributed by atoms with van der Waals surface area (Å²) in [5, 5.41) is 0.738. The van der Waals surface area contributed by atoms with Crippen molar-refractivity contribution < 1.29 is 9.18 Å². The second-order valence-electron chi connectivity index (χ2n) is 7.92. The van der Waals surface area contributed by atoms with Crippen molar-refractivity contribution in [1.29, 1.82) is 0 Å². The third-order valence-electron chi connectivity index (χ3n) is 6.14. The molecule has 142 valence electrons. The van der Waals surface area contributed by atoms with Crippen molar-refractivity contribution in [3.63, 3.8) is 0 Å². The number of benzene rings is 2. The molecular formula is C22H24ClFN2O. The predicted octanol–water partition coefficient (Wildman–Crippen LogP) is 4.41. The van der Waals surface area contributed by atoms with E-state index in [0.717, 1.165) is 48.9 Å². The van der Waals surface area contributed by atoms with E-state index in [4.69, 9.17) is 11.6 Å². The molecule has 0 aromatic heterocycles. The van der Waals surface area contributed by atoms with E-state index in [9.17, 15) is 9.18 Å². The molecule has 1 saturated heterocycles. The molecule has 0 radical (unpaired) electrons. The van der Waals surface area contributed by atoms with Gasteiger partial charge in [0.2, 0.25) is 5.91 Å². The first-order valence-electron chi connectivity index (χ1n) is 9.44. The monoisotopic (exact) mass is 386 g/mol. The minimum Gasteiger partial charge on any atom is -0.368 e. The van der Waals surface area contributed by atoms with Gasteiger partial charge >= 0.3 is 0 Å². The number of halogens is 2. The van der Waals surface area contributed by atoms with Gasteiger partial charge < -0.3 is 9.80 Å². The molecule has 2 aromatic rings.